The lowest BCUT2D eigenvalue weighted by molar-refractivity contribution is -0.143. The summed E-state index contributed by atoms with van der Waals surface area (Å²) in [5.41, 5.74) is -0.160. The Bertz CT molecular complexity index is 570. The minimum Gasteiger partial charge on any atom is -0.468 e. The molecule has 0 spiro atoms. The Morgan fingerprint density at radius 2 is 1.94 bits per heavy atom. The highest BCUT2D eigenvalue weighted by molar-refractivity contribution is 7.91. The van der Waals surface area contributed by atoms with Crippen molar-refractivity contribution in [2.24, 2.45) is 0 Å². The third-order valence-corrected chi connectivity index (χ3v) is 5.23. The maximum absolute atomic E-state index is 12.1. The van der Waals surface area contributed by atoms with E-state index in [2.05, 4.69) is 0 Å². The summed E-state index contributed by atoms with van der Waals surface area (Å²) in [7, 11) is -1.99. The Morgan fingerprint density at radius 3 is 2.44 bits per heavy atom. The second kappa shape index (κ2) is 4.39. The van der Waals surface area contributed by atoms with E-state index in [4.69, 9.17) is 4.74 Å². The van der Waals surface area contributed by atoms with Crippen LogP contribution in [0.1, 0.15) is 25.3 Å². The third-order valence-electron chi connectivity index (χ3n) is 3.44. The molecule has 0 unspecified atom stereocenters. The SMILES string of the molecule is CCS(=O)(=O)c1ccccc1C1(C(=O)OC)CC1. The van der Waals surface area contributed by atoms with E-state index in [0.717, 1.165) is 0 Å². The van der Waals surface area contributed by atoms with Gasteiger partial charge in [0.2, 0.25) is 0 Å². The molecule has 4 nitrogen and oxygen atoms in total. The first-order valence-corrected chi connectivity index (χ1v) is 7.54. The molecule has 0 aromatic heterocycles. The standard InChI is InChI=1S/C13H16O4S/c1-3-18(15,16)11-7-5-4-6-10(11)13(8-9-13)12(14)17-2/h4-7H,3,8-9H2,1-2H3. The lowest BCUT2D eigenvalue weighted by atomic mass is 9.96. The van der Waals surface area contributed by atoms with Crippen LogP contribution in [0.2, 0.25) is 0 Å². The number of hydrogen-bond donors (Lipinski definition) is 0. The van der Waals surface area contributed by atoms with Crippen LogP contribution in [-0.4, -0.2) is 27.2 Å². The number of carbonyl (C=O) groups excluding carboxylic acids is 1. The summed E-state index contributed by atoms with van der Waals surface area (Å²) in [6, 6.07) is 6.72. The van der Waals surface area contributed by atoms with Gasteiger partial charge < -0.3 is 4.74 Å². The number of esters is 1. The maximum Gasteiger partial charge on any atom is 0.316 e. The zero-order chi connectivity index (χ0) is 13.4. The molecule has 0 saturated heterocycles. The Balaban J connectivity index is 2.57. The molecule has 1 aliphatic carbocycles. The van der Waals surface area contributed by atoms with Gasteiger partial charge in [-0.25, -0.2) is 8.42 Å². The van der Waals surface area contributed by atoms with Crippen molar-refractivity contribution in [2.45, 2.75) is 30.1 Å². The van der Waals surface area contributed by atoms with Crippen LogP contribution in [0.15, 0.2) is 29.2 Å². The molecule has 1 fully saturated rings. The van der Waals surface area contributed by atoms with Crippen molar-refractivity contribution in [2.75, 3.05) is 12.9 Å². The number of hydrogen-bond acceptors (Lipinski definition) is 4. The molecular formula is C13H16O4S. The predicted molar refractivity (Wildman–Crippen MR) is 67.1 cm³/mol. The first-order valence-electron chi connectivity index (χ1n) is 5.88. The third kappa shape index (κ3) is 1.92. The van der Waals surface area contributed by atoms with E-state index in [1.54, 1.807) is 31.2 Å². The largest absolute Gasteiger partial charge is 0.468 e. The van der Waals surface area contributed by atoms with Gasteiger partial charge in [-0.2, -0.15) is 0 Å². The van der Waals surface area contributed by atoms with Crippen molar-refractivity contribution in [3.05, 3.63) is 29.8 Å². The fourth-order valence-corrected chi connectivity index (χ4v) is 3.39. The number of methoxy groups -OCH3 is 1. The van der Waals surface area contributed by atoms with Crippen molar-refractivity contribution in [3.8, 4) is 0 Å². The summed E-state index contributed by atoms with van der Waals surface area (Å²) in [5.74, 6) is -0.317. The van der Waals surface area contributed by atoms with Gasteiger partial charge in [0.15, 0.2) is 9.84 Å². The van der Waals surface area contributed by atoms with Crippen molar-refractivity contribution < 1.29 is 17.9 Å². The molecule has 1 aromatic rings. The van der Waals surface area contributed by atoms with E-state index in [1.807, 2.05) is 0 Å². The Labute approximate surface area is 107 Å². The Morgan fingerprint density at radius 1 is 1.33 bits per heavy atom. The van der Waals surface area contributed by atoms with Gasteiger partial charge in [0, 0.05) is 0 Å². The van der Waals surface area contributed by atoms with Crippen LogP contribution in [0.25, 0.3) is 0 Å². The second-order valence-corrected chi connectivity index (χ2v) is 6.72. The van der Waals surface area contributed by atoms with Crippen molar-refractivity contribution in [1.82, 2.24) is 0 Å². The van der Waals surface area contributed by atoms with E-state index >= 15 is 0 Å². The fraction of sp³-hybridized carbons (Fsp3) is 0.462. The summed E-state index contributed by atoms with van der Waals surface area (Å²) < 4.78 is 28.9. The highest BCUT2D eigenvalue weighted by atomic mass is 32.2. The molecule has 2 rings (SSSR count). The van der Waals surface area contributed by atoms with Crippen molar-refractivity contribution in [1.29, 1.82) is 0 Å². The number of ether oxygens (including phenoxy) is 1. The van der Waals surface area contributed by atoms with E-state index in [1.165, 1.54) is 7.11 Å². The van der Waals surface area contributed by atoms with Gasteiger partial charge in [0.05, 0.1) is 23.2 Å². The van der Waals surface area contributed by atoms with Gasteiger partial charge in [-0.3, -0.25) is 4.79 Å². The summed E-state index contributed by atoms with van der Waals surface area (Å²) in [5, 5.41) is 0. The zero-order valence-electron chi connectivity index (χ0n) is 10.5. The summed E-state index contributed by atoms with van der Waals surface area (Å²) in [4.78, 5) is 12.1. The van der Waals surface area contributed by atoms with Crippen LogP contribution < -0.4 is 0 Å². The molecule has 0 bridgehead atoms. The van der Waals surface area contributed by atoms with Crippen LogP contribution in [0.3, 0.4) is 0 Å². The quantitative estimate of drug-likeness (QED) is 0.780. The van der Waals surface area contributed by atoms with Crippen molar-refractivity contribution >= 4 is 15.8 Å². The van der Waals surface area contributed by atoms with Crippen LogP contribution in [-0.2, 0) is 24.8 Å². The van der Waals surface area contributed by atoms with Gasteiger partial charge >= 0.3 is 5.97 Å². The lowest BCUT2D eigenvalue weighted by Gasteiger charge is -2.16. The minimum absolute atomic E-state index is 0.0290. The molecule has 0 heterocycles. The molecule has 18 heavy (non-hydrogen) atoms. The molecule has 0 radical (unpaired) electrons. The minimum atomic E-state index is -3.32. The van der Waals surface area contributed by atoms with Crippen LogP contribution in [0, 0.1) is 0 Å². The molecule has 5 heteroatoms. The molecule has 0 N–H and O–H groups in total. The maximum atomic E-state index is 12.1. The Hall–Kier alpha value is -1.36. The zero-order valence-corrected chi connectivity index (χ0v) is 11.3. The number of rotatable bonds is 4. The summed E-state index contributed by atoms with van der Waals surface area (Å²) >= 11 is 0. The second-order valence-electron chi connectivity index (χ2n) is 4.47. The van der Waals surface area contributed by atoms with E-state index in [0.29, 0.717) is 18.4 Å². The first-order chi connectivity index (χ1) is 8.48. The van der Waals surface area contributed by atoms with Crippen LogP contribution >= 0.6 is 0 Å². The summed E-state index contributed by atoms with van der Waals surface area (Å²) in [6.45, 7) is 1.60. The molecular weight excluding hydrogens is 252 g/mol. The molecule has 0 aliphatic heterocycles. The molecule has 1 aromatic carbocycles. The lowest BCUT2D eigenvalue weighted by Crippen LogP contribution is -2.24. The molecule has 0 atom stereocenters. The van der Waals surface area contributed by atoms with Crippen LogP contribution in [0.5, 0.6) is 0 Å². The predicted octanol–water partition coefficient (Wildman–Crippen LogP) is 1.68. The normalized spacial score (nSPS) is 17.2. The number of sulfone groups is 1. The molecule has 0 amide bonds. The first kappa shape index (κ1) is 13.1. The van der Waals surface area contributed by atoms with Gasteiger partial charge in [-0.05, 0) is 24.5 Å². The van der Waals surface area contributed by atoms with Crippen molar-refractivity contribution in [3.63, 3.8) is 0 Å². The average molecular weight is 268 g/mol. The van der Waals surface area contributed by atoms with Gasteiger partial charge in [0.25, 0.3) is 0 Å². The molecule has 1 saturated carbocycles. The fourth-order valence-electron chi connectivity index (χ4n) is 2.19. The van der Waals surface area contributed by atoms with Gasteiger partial charge in [0.1, 0.15) is 0 Å². The average Bonchev–Trinajstić information content (AvgIpc) is 3.19. The van der Waals surface area contributed by atoms with Crippen LogP contribution in [0.4, 0.5) is 0 Å². The molecule has 1 aliphatic rings. The topological polar surface area (TPSA) is 60.4 Å². The highest BCUT2D eigenvalue weighted by Crippen LogP contribution is 2.51. The van der Waals surface area contributed by atoms with E-state index in [9.17, 15) is 13.2 Å². The molecule has 98 valence electrons. The smallest absolute Gasteiger partial charge is 0.316 e. The van der Waals surface area contributed by atoms with E-state index < -0.39 is 15.3 Å². The summed E-state index contributed by atoms with van der Waals surface area (Å²) in [6.07, 6.45) is 1.30. The monoisotopic (exact) mass is 268 g/mol. The highest BCUT2D eigenvalue weighted by Gasteiger charge is 2.54. The van der Waals surface area contributed by atoms with E-state index in [-0.39, 0.29) is 16.6 Å². The number of carbonyl (C=O) groups is 1. The van der Waals surface area contributed by atoms with Gasteiger partial charge in [-0.1, -0.05) is 25.1 Å². The Kier molecular flexibility index (Phi) is 3.19. The van der Waals surface area contributed by atoms with Gasteiger partial charge in [-0.15, -0.1) is 0 Å². The number of benzene rings is 1.